The van der Waals surface area contributed by atoms with Crippen LogP contribution in [0.4, 0.5) is 10.1 Å². The minimum absolute atomic E-state index is 0.172. The van der Waals surface area contributed by atoms with Gasteiger partial charge in [0.15, 0.2) is 5.82 Å². The number of aromatic nitrogens is 4. The minimum Gasteiger partial charge on any atom is -0.317 e. The summed E-state index contributed by atoms with van der Waals surface area (Å²) in [4.78, 5) is 12.6. The zero-order valence-electron chi connectivity index (χ0n) is 14.2. The molecule has 0 saturated heterocycles. The Morgan fingerprint density at radius 3 is 2.50 bits per heavy atom. The van der Waals surface area contributed by atoms with Crippen molar-refractivity contribution in [3.63, 3.8) is 0 Å². The molecule has 0 bridgehead atoms. The van der Waals surface area contributed by atoms with Gasteiger partial charge in [-0.3, -0.25) is 9.89 Å². The Morgan fingerprint density at radius 1 is 1.07 bits per heavy atom. The van der Waals surface area contributed by atoms with Crippen LogP contribution in [0.15, 0.2) is 60.9 Å². The van der Waals surface area contributed by atoms with Gasteiger partial charge in [0.05, 0.1) is 21.3 Å². The van der Waals surface area contributed by atoms with Crippen LogP contribution in [-0.4, -0.2) is 25.9 Å². The van der Waals surface area contributed by atoms with Crippen LogP contribution in [0.2, 0.25) is 10.0 Å². The molecule has 2 N–H and O–H groups in total. The Hall–Kier alpha value is -3.16. The molecule has 0 spiro atoms. The van der Waals surface area contributed by atoms with Gasteiger partial charge < -0.3 is 5.32 Å². The summed E-state index contributed by atoms with van der Waals surface area (Å²) in [5, 5.41) is 14.5. The van der Waals surface area contributed by atoms with E-state index in [-0.39, 0.29) is 21.4 Å². The third-order valence-electron chi connectivity index (χ3n) is 4.00. The lowest BCUT2D eigenvalue weighted by molar-refractivity contribution is 0.102. The number of aromatic amines is 1. The standard InChI is InChI=1S/C19H12Cl2FN5O/c20-13-2-1-3-14(21)17(13)19(28)24-16-10-23-25-18(16)27-9-8-15(26-27)11-4-6-12(22)7-5-11/h1-10H,(H,23,25)(H,24,28). The molecule has 0 aliphatic carbocycles. The molecule has 0 saturated carbocycles. The van der Waals surface area contributed by atoms with Gasteiger partial charge in [-0.05, 0) is 42.5 Å². The van der Waals surface area contributed by atoms with Gasteiger partial charge in [0.2, 0.25) is 0 Å². The van der Waals surface area contributed by atoms with Gasteiger partial charge in [0, 0.05) is 18.0 Å². The van der Waals surface area contributed by atoms with Gasteiger partial charge in [-0.25, -0.2) is 9.07 Å². The molecule has 0 unspecified atom stereocenters. The summed E-state index contributed by atoms with van der Waals surface area (Å²) in [5.41, 5.74) is 1.96. The highest BCUT2D eigenvalue weighted by Gasteiger charge is 2.18. The second kappa shape index (κ2) is 7.46. The third kappa shape index (κ3) is 3.49. The molecular weight excluding hydrogens is 404 g/mol. The van der Waals surface area contributed by atoms with Crippen LogP contribution in [0.5, 0.6) is 0 Å². The van der Waals surface area contributed by atoms with Crippen molar-refractivity contribution in [2.24, 2.45) is 0 Å². The maximum atomic E-state index is 13.1. The molecule has 0 aliphatic rings. The van der Waals surface area contributed by atoms with Crippen molar-refractivity contribution in [2.75, 3.05) is 5.32 Å². The lowest BCUT2D eigenvalue weighted by atomic mass is 10.1. The predicted octanol–water partition coefficient (Wildman–Crippen LogP) is 4.96. The van der Waals surface area contributed by atoms with Gasteiger partial charge in [0.25, 0.3) is 5.91 Å². The fourth-order valence-corrected chi connectivity index (χ4v) is 3.23. The summed E-state index contributed by atoms with van der Waals surface area (Å²) in [6, 6.07) is 12.6. The molecule has 9 heteroatoms. The highest BCUT2D eigenvalue weighted by atomic mass is 35.5. The van der Waals surface area contributed by atoms with E-state index in [1.54, 1.807) is 42.6 Å². The molecule has 28 heavy (non-hydrogen) atoms. The molecule has 2 heterocycles. The Morgan fingerprint density at radius 2 is 1.79 bits per heavy atom. The predicted molar refractivity (Wildman–Crippen MR) is 106 cm³/mol. The average molecular weight is 416 g/mol. The monoisotopic (exact) mass is 415 g/mol. The number of hydrogen-bond donors (Lipinski definition) is 2. The Labute approximate surface area is 168 Å². The van der Waals surface area contributed by atoms with E-state index in [4.69, 9.17) is 23.2 Å². The molecule has 0 atom stereocenters. The lowest BCUT2D eigenvalue weighted by Crippen LogP contribution is -2.14. The second-order valence-corrected chi connectivity index (χ2v) is 6.64. The fourth-order valence-electron chi connectivity index (χ4n) is 2.67. The van der Waals surface area contributed by atoms with Crippen molar-refractivity contribution in [1.82, 2.24) is 20.0 Å². The number of rotatable bonds is 4. The maximum Gasteiger partial charge on any atom is 0.258 e. The first-order valence-corrected chi connectivity index (χ1v) is 8.89. The normalized spacial score (nSPS) is 10.8. The van der Waals surface area contributed by atoms with Crippen molar-refractivity contribution in [2.45, 2.75) is 0 Å². The molecule has 0 fully saturated rings. The number of nitrogens with one attached hydrogen (secondary N) is 2. The van der Waals surface area contributed by atoms with Crippen LogP contribution in [0.3, 0.4) is 0 Å². The van der Waals surface area contributed by atoms with E-state index in [2.05, 4.69) is 20.6 Å². The molecule has 4 aromatic rings. The van der Waals surface area contributed by atoms with E-state index in [0.717, 1.165) is 5.56 Å². The van der Waals surface area contributed by atoms with E-state index in [1.165, 1.54) is 23.0 Å². The van der Waals surface area contributed by atoms with Crippen LogP contribution in [0.1, 0.15) is 10.4 Å². The first-order valence-electron chi connectivity index (χ1n) is 8.14. The number of carbonyl (C=O) groups excluding carboxylic acids is 1. The first kappa shape index (κ1) is 18.2. The summed E-state index contributed by atoms with van der Waals surface area (Å²) < 4.78 is 14.6. The van der Waals surface area contributed by atoms with Gasteiger partial charge in [-0.2, -0.15) is 10.2 Å². The summed E-state index contributed by atoms with van der Waals surface area (Å²) in [5.74, 6) is -0.409. The van der Waals surface area contributed by atoms with E-state index in [1.807, 2.05) is 0 Å². The summed E-state index contributed by atoms with van der Waals surface area (Å²) >= 11 is 12.2. The Kier molecular flexibility index (Phi) is 4.85. The van der Waals surface area contributed by atoms with Crippen molar-refractivity contribution in [3.05, 3.63) is 82.4 Å². The quantitative estimate of drug-likeness (QED) is 0.494. The number of hydrogen-bond acceptors (Lipinski definition) is 3. The van der Waals surface area contributed by atoms with E-state index in [9.17, 15) is 9.18 Å². The van der Waals surface area contributed by atoms with Crippen molar-refractivity contribution in [1.29, 1.82) is 0 Å². The maximum absolute atomic E-state index is 13.1. The number of nitrogens with zero attached hydrogens (tertiary/aromatic N) is 3. The molecule has 0 aliphatic heterocycles. The molecular formula is C19H12Cl2FN5O. The highest BCUT2D eigenvalue weighted by Crippen LogP contribution is 2.27. The zero-order chi connectivity index (χ0) is 19.7. The second-order valence-electron chi connectivity index (χ2n) is 5.83. The summed E-state index contributed by atoms with van der Waals surface area (Å²) in [6.07, 6.45) is 3.21. The number of carbonyl (C=O) groups is 1. The summed E-state index contributed by atoms with van der Waals surface area (Å²) in [7, 11) is 0. The largest absolute Gasteiger partial charge is 0.317 e. The van der Waals surface area contributed by atoms with E-state index >= 15 is 0 Å². The molecule has 1 amide bonds. The first-order chi connectivity index (χ1) is 13.5. The van der Waals surface area contributed by atoms with Gasteiger partial charge in [-0.15, -0.1) is 0 Å². The highest BCUT2D eigenvalue weighted by molar-refractivity contribution is 6.40. The van der Waals surface area contributed by atoms with Crippen LogP contribution in [-0.2, 0) is 0 Å². The zero-order valence-corrected chi connectivity index (χ0v) is 15.7. The molecule has 0 radical (unpaired) electrons. The van der Waals surface area contributed by atoms with E-state index < -0.39 is 5.91 Å². The average Bonchev–Trinajstić information content (AvgIpc) is 3.31. The summed E-state index contributed by atoms with van der Waals surface area (Å²) in [6.45, 7) is 0. The Bertz CT molecular complexity index is 1130. The van der Waals surface area contributed by atoms with Crippen molar-refractivity contribution >= 4 is 34.8 Å². The molecule has 2 aromatic carbocycles. The van der Waals surface area contributed by atoms with Crippen molar-refractivity contribution < 1.29 is 9.18 Å². The number of halogens is 3. The number of anilines is 1. The number of benzene rings is 2. The molecule has 2 aromatic heterocycles. The van der Waals surface area contributed by atoms with Crippen LogP contribution in [0, 0.1) is 5.82 Å². The van der Waals surface area contributed by atoms with Gasteiger partial charge in [-0.1, -0.05) is 29.3 Å². The number of H-pyrrole nitrogens is 1. The van der Waals surface area contributed by atoms with Crippen molar-refractivity contribution in [3.8, 4) is 17.1 Å². The van der Waals surface area contributed by atoms with Crippen LogP contribution >= 0.6 is 23.2 Å². The smallest absolute Gasteiger partial charge is 0.258 e. The molecule has 140 valence electrons. The van der Waals surface area contributed by atoms with Gasteiger partial charge in [0.1, 0.15) is 11.5 Å². The molecule has 6 nitrogen and oxygen atoms in total. The van der Waals surface area contributed by atoms with Gasteiger partial charge >= 0.3 is 0 Å². The third-order valence-corrected chi connectivity index (χ3v) is 4.63. The van der Waals surface area contributed by atoms with Crippen LogP contribution in [0.25, 0.3) is 17.1 Å². The lowest BCUT2D eigenvalue weighted by Gasteiger charge is -2.08. The number of amides is 1. The Balaban J connectivity index is 1.62. The van der Waals surface area contributed by atoms with E-state index in [0.29, 0.717) is 17.2 Å². The fraction of sp³-hybridized carbons (Fsp3) is 0. The SMILES string of the molecule is O=C(Nc1c[nH]nc1-n1ccc(-c2ccc(F)cc2)n1)c1c(Cl)cccc1Cl. The topological polar surface area (TPSA) is 75.6 Å². The molecule has 4 rings (SSSR count). The minimum atomic E-state index is -0.468. The van der Waals surface area contributed by atoms with Crippen LogP contribution < -0.4 is 5.32 Å².